The highest BCUT2D eigenvalue weighted by atomic mass is 16.4. The number of carboxylic acids is 1. The molecule has 3 rings (SSSR count). The molecule has 0 spiro atoms. The number of aromatic nitrogens is 1. The Kier molecular flexibility index (Phi) is 3.86. The van der Waals surface area contributed by atoms with Crippen LogP contribution in [0.4, 0.5) is 5.69 Å². The maximum absolute atomic E-state index is 11.3. The number of pyridine rings is 1. The summed E-state index contributed by atoms with van der Waals surface area (Å²) in [4.78, 5) is 17.7. The highest BCUT2D eigenvalue weighted by Gasteiger charge is 2.28. The second-order valence-corrected chi connectivity index (χ2v) is 5.43. The minimum atomic E-state index is -0.712. The summed E-state index contributed by atoms with van der Waals surface area (Å²) in [5.74, 6) is -1.04. The smallest absolute Gasteiger partial charge is 0.308 e. The fourth-order valence-electron chi connectivity index (χ4n) is 2.87. The first kappa shape index (κ1) is 13.6. The van der Waals surface area contributed by atoms with Crippen molar-refractivity contribution in [1.29, 1.82) is 0 Å². The molecule has 2 heterocycles. The molecule has 0 saturated heterocycles. The molecule has 0 fully saturated rings. The van der Waals surface area contributed by atoms with Crippen LogP contribution in [0, 0.1) is 5.92 Å². The van der Waals surface area contributed by atoms with Gasteiger partial charge in [-0.15, -0.1) is 0 Å². The van der Waals surface area contributed by atoms with Crippen LogP contribution in [-0.4, -0.2) is 29.1 Å². The van der Waals surface area contributed by atoms with Crippen molar-refractivity contribution < 1.29 is 9.90 Å². The zero-order valence-electron chi connectivity index (χ0n) is 11.8. The molecule has 1 aliphatic heterocycles. The van der Waals surface area contributed by atoms with Crippen molar-refractivity contribution in [3.63, 3.8) is 0 Å². The van der Waals surface area contributed by atoms with Crippen LogP contribution in [-0.2, 0) is 17.6 Å². The van der Waals surface area contributed by atoms with Gasteiger partial charge in [-0.2, -0.15) is 0 Å². The van der Waals surface area contributed by atoms with Crippen molar-refractivity contribution in [1.82, 2.24) is 4.98 Å². The number of hydrogen-bond acceptors (Lipinski definition) is 3. The molecule has 0 radical (unpaired) electrons. The van der Waals surface area contributed by atoms with Crippen LogP contribution in [0.1, 0.15) is 11.1 Å². The minimum absolute atomic E-state index is 0.325. The van der Waals surface area contributed by atoms with E-state index in [2.05, 4.69) is 22.0 Å². The van der Waals surface area contributed by atoms with Crippen LogP contribution < -0.4 is 4.90 Å². The number of anilines is 1. The van der Waals surface area contributed by atoms with Crippen molar-refractivity contribution in [2.75, 3.05) is 18.0 Å². The molecule has 0 amide bonds. The Morgan fingerprint density at radius 2 is 2.14 bits per heavy atom. The number of carboxylic acid groups (broad SMARTS) is 1. The fourth-order valence-corrected chi connectivity index (χ4v) is 2.87. The van der Waals surface area contributed by atoms with E-state index in [0.717, 1.165) is 18.5 Å². The topological polar surface area (TPSA) is 53.4 Å². The van der Waals surface area contributed by atoms with Crippen LogP contribution in [0.15, 0.2) is 48.8 Å². The van der Waals surface area contributed by atoms with Gasteiger partial charge in [-0.3, -0.25) is 9.78 Å². The summed E-state index contributed by atoms with van der Waals surface area (Å²) in [5, 5.41) is 9.33. The molecule has 0 aliphatic carbocycles. The third kappa shape index (κ3) is 3.05. The Morgan fingerprint density at radius 1 is 1.29 bits per heavy atom. The number of aliphatic carboxylic acids is 1. The standard InChI is InChI=1S/C17H18N2O2/c20-17(21)15-10-14-5-1-2-6-16(14)19(12-15)9-7-13-4-3-8-18-11-13/h1-6,8,11,15H,7,9-10,12H2,(H,20,21). The number of fused-ring (bicyclic) bond motifs is 1. The number of nitrogens with zero attached hydrogens (tertiary/aromatic N) is 2. The summed E-state index contributed by atoms with van der Waals surface area (Å²) in [6, 6.07) is 12.1. The maximum Gasteiger partial charge on any atom is 0.308 e. The first-order chi connectivity index (χ1) is 10.2. The van der Waals surface area contributed by atoms with Crippen LogP contribution in [0.3, 0.4) is 0 Å². The molecule has 4 heteroatoms. The van der Waals surface area contributed by atoms with Gasteiger partial charge in [0, 0.05) is 31.2 Å². The molecule has 21 heavy (non-hydrogen) atoms. The van der Waals surface area contributed by atoms with Gasteiger partial charge >= 0.3 is 5.97 Å². The highest BCUT2D eigenvalue weighted by molar-refractivity contribution is 5.73. The van der Waals surface area contributed by atoms with E-state index < -0.39 is 5.97 Å². The van der Waals surface area contributed by atoms with Gasteiger partial charge in [0.25, 0.3) is 0 Å². The zero-order chi connectivity index (χ0) is 14.7. The summed E-state index contributed by atoms with van der Waals surface area (Å²) in [6.07, 6.45) is 5.12. The number of hydrogen-bond donors (Lipinski definition) is 1. The molecule has 0 bridgehead atoms. The molecule has 1 aromatic heterocycles. The van der Waals surface area contributed by atoms with Gasteiger partial charge in [-0.25, -0.2) is 0 Å². The molecule has 1 atom stereocenters. The molecule has 108 valence electrons. The Balaban J connectivity index is 1.78. The van der Waals surface area contributed by atoms with E-state index in [9.17, 15) is 9.90 Å². The summed E-state index contributed by atoms with van der Waals surface area (Å²) in [5.41, 5.74) is 3.47. The van der Waals surface area contributed by atoms with Crippen LogP contribution in [0.2, 0.25) is 0 Å². The molecule has 1 N–H and O–H groups in total. The lowest BCUT2D eigenvalue weighted by atomic mass is 9.92. The van der Waals surface area contributed by atoms with Gasteiger partial charge in [0.05, 0.1) is 5.92 Å². The Hall–Kier alpha value is -2.36. The van der Waals surface area contributed by atoms with Gasteiger partial charge in [0.2, 0.25) is 0 Å². The molecular formula is C17H18N2O2. The summed E-state index contributed by atoms with van der Waals surface area (Å²) >= 11 is 0. The summed E-state index contributed by atoms with van der Waals surface area (Å²) in [6.45, 7) is 1.39. The molecule has 4 nitrogen and oxygen atoms in total. The third-order valence-corrected chi connectivity index (χ3v) is 3.98. The number of carbonyl (C=O) groups is 1. The van der Waals surface area contributed by atoms with E-state index in [1.165, 1.54) is 11.3 Å². The molecule has 1 aliphatic rings. The lowest BCUT2D eigenvalue weighted by Crippen LogP contribution is -2.40. The van der Waals surface area contributed by atoms with Crippen LogP contribution in [0.25, 0.3) is 0 Å². The number of para-hydroxylation sites is 1. The lowest BCUT2D eigenvalue weighted by Gasteiger charge is -2.34. The predicted molar refractivity (Wildman–Crippen MR) is 81.4 cm³/mol. The van der Waals surface area contributed by atoms with Crippen molar-refractivity contribution in [2.24, 2.45) is 5.92 Å². The van der Waals surface area contributed by atoms with Gasteiger partial charge < -0.3 is 10.0 Å². The number of rotatable bonds is 4. The predicted octanol–water partition coefficient (Wildman–Crippen LogP) is 2.39. The first-order valence-corrected chi connectivity index (χ1v) is 7.18. The van der Waals surface area contributed by atoms with Gasteiger partial charge in [-0.1, -0.05) is 24.3 Å². The van der Waals surface area contributed by atoms with Crippen molar-refractivity contribution in [3.8, 4) is 0 Å². The Labute approximate surface area is 124 Å². The Morgan fingerprint density at radius 3 is 2.90 bits per heavy atom. The van der Waals surface area contributed by atoms with E-state index in [0.29, 0.717) is 13.0 Å². The average Bonchev–Trinajstić information content (AvgIpc) is 2.53. The van der Waals surface area contributed by atoms with E-state index in [1.807, 2.05) is 30.5 Å². The quantitative estimate of drug-likeness (QED) is 0.935. The molecule has 2 aromatic rings. The largest absolute Gasteiger partial charge is 0.481 e. The minimum Gasteiger partial charge on any atom is -0.481 e. The van der Waals surface area contributed by atoms with Crippen LogP contribution in [0.5, 0.6) is 0 Å². The maximum atomic E-state index is 11.3. The first-order valence-electron chi connectivity index (χ1n) is 7.18. The molecule has 1 aromatic carbocycles. The monoisotopic (exact) mass is 282 g/mol. The molecule has 0 saturated carbocycles. The normalized spacial score (nSPS) is 17.3. The van der Waals surface area contributed by atoms with Crippen molar-refractivity contribution in [3.05, 3.63) is 59.9 Å². The zero-order valence-corrected chi connectivity index (χ0v) is 11.8. The average molecular weight is 282 g/mol. The lowest BCUT2D eigenvalue weighted by molar-refractivity contribution is -0.141. The van der Waals surface area contributed by atoms with Gasteiger partial charge in [-0.05, 0) is 36.1 Å². The highest BCUT2D eigenvalue weighted by Crippen LogP contribution is 2.29. The SMILES string of the molecule is O=C(O)C1Cc2ccccc2N(CCc2cccnc2)C1. The van der Waals surface area contributed by atoms with Crippen LogP contribution >= 0.6 is 0 Å². The van der Waals surface area contributed by atoms with Crippen molar-refractivity contribution in [2.45, 2.75) is 12.8 Å². The molecular weight excluding hydrogens is 264 g/mol. The van der Waals surface area contributed by atoms with E-state index in [-0.39, 0.29) is 5.92 Å². The summed E-state index contributed by atoms with van der Waals surface area (Å²) in [7, 11) is 0. The van der Waals surface area contributed by atoms with Crippen molar-refractivity contribution >= 4 is 11.7 Å². The number of benzene rings is 1. The molecule has 1 unspecified atom stereocenters. The van der Waals surface area contributed by atoms with Gasteiger partial charge in [0.1, 0.15) is 0 Å². The summed E-state index contributed by atoms with van der Waals surface area (Å²) < 4.78 is 0. The Bertz CT molecular complexity index is 628. The second kappa shape index (κ2) is 5.95. The fraction of sp³-hybridized carbons (Fsp3) is 0.294. The van der Waals surface area contributed by atoms with E-state index in [1.54, 1.807) is 6.20 Å². The van der Waals surface area contributed by atoms with Gasteiger partial charge in [0.15, 0.2) is 0 Å². The van der Waals surface area contributed by atoms with E-state index >= 15 is 0 Å². The second-order valence-electron chi connectivity index (χ2n) is 5.43. The van der Waals surface area contributed by atoms with E-state index in [4.69, 9.17) is 0 Å². The third-order valence-electron chi connectivity index (χ3n) is 3.98.